The molecule has 0 atom stereocenters. The van der Waals surface area contributed by atoms with Gasteiger partial charge in [-0.25, -0.2) is 8.78 Å². The molecule has 0 unspecified atom stereocenters. The van der Waals surface area contributed by atoms with Crippen molar-refractivity contribution in [3.8, 4) is 11.1 Å². The van der Waals surface area contributed by atoms with Gasteiger partial charge < -0.3 is 10.3 Å². The Morgan fingerprint density at radius 3 is 2.67 bits per heavy atom. The van der Waals surface area contributed by atoms with Gasteiger partial charge in [-0.1, -0.05) is 6.07 Å². The summed E-state index contributed by atoms with van der Waals surface area (Å²) in [5.74, 6) is -1.32. The number of rotatable bonds is 2. The van der Waals surface area contributed by atoms with Crippen LogP contribution >= 0.6 is 0 Å². The number of nitrogens with zero attached hydrogens (tertiary/aromatic N) is 5. The van der Waals surface area contributed by atoms with Gasteiger partial charge in [0.2, 0.25) is 5.65 Å². The molecule has 0 amide bonds. The number of hydrogen-bond donors (Lipinski definition) is 1. The number of hydrogen-bond acceptors (Lipinski definition) is 5. The van der Waals surface area contributed by atoms with Gasteiger partial charge in [0, 0.05) is 17.7 Å². The Hall–Kier alpha value is -3.36. The number of nitrogens with two attached hydrogens (primary N) is 1. The molecule has 0 aliphatic heterocycles. The number of halogens is 2. The summed E-state index contributed by atoms with van der Waals surface area (Å²) in [6.07, 6.45) is 1.75. The second kappa shape index (κ2) is 5.32. The van der Waals surface area contributed by atoms with Gasteiger partial charge in [0.15, 0.2) is 0 Å². The van der Waals surface area contributed by atoms with E-state index in [4.69, 9.17) is 5.73 Å². The molecular weight excluding hydrogens is 354 g/mol. The summed E-state index contributed by atoms with van der Waals surface area (Å²) in [6, 6.07) is 5.49. The van der Waals surface area contributed by atoms with Crippen molar-refractivity contribution in [2.75, 3.05) is 5.73 Å². The fourth-order valence-corrected chi connectivity index (χ4v) is 3.59. The number of anilines is 1. The number of aryl methyl sites for hydroxylation is 1. The second-order valence-corrected chi connectivity index (χ2v) is 6.78. The van der Waals surface area contributed by atoms with Gasteiger partial charge in [-0.15, -0.1) is 5.10 Å². The van der Waals surface area contributed by atoms with Crippen molar-refractivity contribution in [1.82, 2.24) is 24.6 Å². The van der Waals surface area contributed by atoms with Crippen LogP contribution in [0, 0.1) is 18.6 Å². The third-order valence-electron chi connectivity index (χ3n) is 5.05. The fourth-order valence-electron chi connectivity index (χ4n) is 3.59. The Balaban J connectivity index is 1.92. The largest absolute Gasteiger partial charge is 0.396 e. The number of benzene rings is 2. The quantitative estimate of drug-likeness (QED) is 0.549. The average molecular weight is 368 g/mol. The maximum atomic E-state index is 14.5. The molecule has 0 spiro atoms. The van der Waals surface area contributed by atoms with Crippen LogP contribution in [-0.4, -0.2) is 24.6 Å². The van der Waals surface area contributed by atoms with E-state index < -0.39 is 11.6 Å². The summed E-state index contributed by atoms with van der Waals surface area (Å²) >= 11 is 0. The summed E-state index contributed by atoms with van der Waals surface area (Å²) in [7, 11) is 0. The number of fused-ring (bicyclic) bond motifs is 3. The molecule has 2 aromatic heterocycles. The van der Waals surface area contributed by atoms with E-state index in [0.29, 0.717) is 22.2 Å². The number of tetrazole rings is 1. The van der Waals surface area contributed by atoms with Crippen molar-refractivity contribution in [3.63, 3.8) is 0 Å². The van der Waals surface area contributed by atoms with Crippen LogP contribution in [0.1, 0.15) is 24.4 Å². The van der Waals surface area contributed by atoms with Crippen molar-refractivity contribution in [2.24, 2.45) is 0 Å². The Morgan fingerprint density at radius 2 is 1.93 bits per heavy atom. The highest BCUT2D eigenvalue weighted by atomic mass is 19.1. The zero-order valence-corrected chi connectivity index (χ0v) is 14.3. The molecule has 2 heterocycles. The average Bonchev–Trinajstić information content (AvgIpc) is 3.34. The van der Waals surface area contributed by atoms with Gasteiger partial charge in [-0.05, 0) is 53.5 Å². The highest BCUT2D eigenvalue weighted by Crippen LogP contribution is 2.39. The van der Waals surface area contributed by atoms with E-state index >= 15 is 0 Å². The van der Waals surface area contributed by atoms with Crippen molar-refractivity contribution < 1.29 is 8.78 Å². The van der Waals surface area contributed by atoms with E-state index in [1.807, 2.05) is 0 Å². The standard InChI is InChI=1S/C18H14F2N6O/c1-8-10(11-6-13(20)14(21)7-12(11)19)4-5-15-16(8)25(9-2-3-9)18(27)17-22-23-24-26(15)17/h4-7,9H,2-3,21H2,1H3. The topological polar surface area (TPSA) is 91.1 Å². The molecule has 5 rings (SSSR count). The van der Waals surface area contributed by atoms with E-state index in [2.05, 4.69) is 15.5 Å². The molecule has 0 radical (unpaired) electrons. The number of nitrogen functional groups attached to an aromatic ring is 1. The van der Waals surface area contributed by atoms with E-state index in [1.54, 1.807) is 23.6 Å². The normalized spacial score (nSPS) is 14.3. The molecule has 1 saturated carbocycles. The molecule has 7 nitrogen and oxygen atoms in total. The van der Waals surface area contributed by atoms with Gasteiger partial charge in [0.05, 0.1) is 16.7 Å². The van der Waals surface area contributed by atoms with Crippen LogP contribution in [0.5, 0.6) is 0 Å². The molecule has 0 saturated heterocycles. The minimum Gasteiger partial charge on any atom is -0.396 e. The maximum Gasteiger partial charge on any atom is 0.298 e. The molecule has 4 aromatic rings. The van der Waals surface area contributed by atoms with E-state index in [0.717, 1.165) is 25.0 Å². The lowest BCUT2D eigenvalue weighted by Crippen LogP contribution is -2.23. The highest BCUT2D eigenvalue weighted by Gasteiger charge is 2.29. The molecule has 2 aromatic carbocycles. The summed E-state index contributed by atoms with van der Waals surface area (Å²) in [6.45, 7) is 1.78. The van der Waals surface area contributed by atoms with Crippen molar-refractivity contribution >= 4 is 22.4 Å². The summed E-state index contributed by atoms with van der Waals surface area (Å²) < 4.78 is 31.5. The van der Waals surface area contributed by atoms with Crippen LogP contribution in [0.15, 0.2) is 29.1 Å². The predicted octanol–water partition coefficient (Wildman–Crippen LogP) is 2.61. The molecular formula is C18H14F2N6O. The van der Waals surface area contributed by atoms with Crippen LogP contribution in [0.25, 0.3) is 27.8 Å². The van der Waals surface area contributed by atoms with Gasteiger partial charge in [0.25, 0.3) is 5.56 Å². The minimum absolute atomic E-state index is 0.0589. The van der Waals surface area contributed by atoms with E-state index in [1.165, 1.54) is 4.52 Å². The van der Waals surface area contributed by atoms with Gasteiger partial charge in [-0.2, -0.15) is 4.52 Å². The van der Waals surface area contributed by atoms with Crippen molar-refractivity contribution in [3.05, 3.63) is 51.8 Å². The summed E-state index contributed by atoms with van der Waals surface area (Å²) in [4.78, 5) is 12.9. The second-order valence-electron chi connectivity index (χ2n) is 6.78. The predicted molar refractivity (Wildman–Crippen MR) is 95.3 cm³/mol. The lowest BCUT2D eigenvalue weighted by Gasteiger charge is -2.16. The van der Waals surface area contributed by atoms with Crippen LogP contribution in [-0.2, 0) is 0 Å². The first-order valence-electron chi connectivity index (χ1n) is 8.48. The smallest absolute Gasteiger partial charge is 0.298 e. The maximum absolute atomic E-state index is 14.5. The lowest BCUT2D eigenvalue weighted by atomic mass is 9.98. The van der Waals surface area contributed by atoms with E-state index in [9.17, 15) is 13.6 Å². The highest BCUT2D eigenvalue weighted by molar-refractivity contribution is 5.88. The molecule has 136 valence electrons. The zero-order valence-electron chi connectivity index (χ0n) is 14.3. The zero-order chi connectivity index (χ0) is 18.9. The van der Waals surface area contributed by atoms with Crippen LogP contribution < -0.4 is 11.3 Å². The van der Waals surface area contributed by atoms with Crippen LogP contribution in [0.4, 0.5) is 14.5 Å². The lowest BCUT2D eigenvalue weighted by molar-refractivity contribution is 0.607. The van der Waals surface area contributed by atoms with Crippen LogP contribution in [0.2, 0.25) is 0 Å². The van der Waals surface area contributed by atoms with Gasteiger partial charge in [0.1, 0.15) is 11.6 Å². The first-order chi connectivity index (χ1) is 13.0. The molecule has 0 bridgehead atoms. The minimum atomic E-state index is -0.693. The third kappa shape index (κ3) is 2.17. The molecule has 1 fully saturated rings. The van der Waals surface area contributed by atoms with Crippen molar-refractivity contribution in [1.29, 1.82) is 0 Å². The number of aromatic nitrogens is 5. The Kier molecular flexibility index (Phi) is 3.13. The summed E-state index contributed by atoms with van der Waals surface area (Å²) in [5, 5.41) is 11.3. The monoisotopic (exact) mass is 368 g/mol. The third-order valence-corrected chi connectivity index (χ3v) is 5.05. The molecule has 2 N–H and O–H groups in total. The van der Waals surface area contributed by atoms with E-state index in [-0.39, 0.29) is 28.5 Å². The Bertz CT molecular complexity index is 1310. The first-order valence-corrected chi connectivity index (χ1v) is 8.48. The van der Waals surface area contributed by atoms with Crippen molar-refractivity contribution in [2.45, 2.75) is 25.8 Å². The van der Waals surface area contributed by atoms with Crippen LogP contribution in [0.3, 0.4) is 0 Å². The molecule has 1 aliphatic rings. The SMILES string of the molecule is Cc1c(-c2cc(F)c(N)cc2F)ccc2c1n(C1CC1)c(=O)c1nnnn12. The van der Waals surface area contributed by atoms with Gasteiger partial charge >= 0.3 is 0 Å². The Labute approximate surface area is 151 Å². The van der Waals surface area contributed by atoms with Gasteiger partial charge in [-0.3, -0.25) is 4.79 Å². The summed E-state index contributed by atoms with van der Waals surface area (Å²) in [5.41, 5.74) is 7.54. The first kappa shape index (κ1) is 15.9. The fraction of sp³-hybridized carbons (Fsp3) is 0.222. The molecule has 9 heteroatoms. The molecule has 1 aliphatic carbocycles. The Morgan fingerprint density at radius 1 is 1.15 bits per heavy atom. The molecule has 27 heavy (non-hydrogen) atoms.